The molecule has 1 rings (SSSR count). The van der Waals surface area contributed by atoms with Crippen LogP contribution in [0.2, 0.25) is 0 Å². The summed E-state index contributed by atoms with van der Waals surface area (Å²) in [6, 6.07) is 2.00. The molecule has 0 amide bonds. The molecule has 0 aromatic carbocycles. The zero-order valence-corrected chi connectivity index (χ0v) is 10.9. The van der Waals surface area contributed by atoms with E-state index in [0.29, 0.717) is 0 Å². The summed E-state index contributed by atoms with van der Waals surface area (Å²) in [5.74, 6) is 6.15. The zero-order valence-electron chi connectivity index (χ0n) is 8.47. The number of hydrogen-bond donors (Lipinski definition) is 2. The van der Waals surface area contributed by atoms with Crippen molar-refractivity contribution in [2.75, 3.05) is 0 Å². The number of aliphatic imine (C=N–C) groups is 1. The molecule has 0 unspecified atom stereocenters. The van der Waals surface area contributed by atoms with Gasteiger partial charge in [0.25, 0.3) is 0 Å². The second-order valence-electron chi connectivity index (χ2n) is 3.92. The first-order chi connectivity index (χ1) is 6.42. The number of nitrogens with two attached hydrogens (primary N) is 1. The topological polar surface area (TPSA) is 50.4 Å². The van der Waals surface area contributed by atoms with Crippen LogP contribution in [0.15, 0.2) is 20.2 Å². The predicted molar refractivity (Wildman–Crippen MR) is 65.6 cm³/mol. The van der Waals surface area contributed by atoms with E-state index in [9.17, 15) is 0 Å². The van der Waals surface area contributed by atoms with Gasteiger partial charge in [0.2, 0.25) is 0 Å². The second-order valence-corrected chi connectivity index (χ2v) is 6.21. The second kappa shape index (κ2) is 4.42. The van der Waals surface area contributed by atoms with E-state index in [0.717, 1.165) is 15.2 Å². The van der Waals surface area contributed by atoms with Gasteiger partial charge in [0.15, 0.2) is 0 Å². The minimum Gasteiger partial charge on any atom is -0.308 e. The third-order valence-electron chi connectivity index (χ3n) is 1.42. The fraction of sp³-hybridized carbons (Fsp3) is 0.444. The molecule has 0 atom stereocenters. The van der Waals surface area contributed by atoms with E-state index in [4.69, 9.17) is 5.84 Å². The van der Waals surface area contributed by atoms with Gasteiger partial charge in [0, 0.05) is 10.9 Å². The summed E-state index contributed by atoms with van der Waals surface area (Å²) in [6.45, 7) is 6.10. The lowest BCUT2D eigenvalue weighted by molar-refractivity contribution is 0.580. The summed E-state index contributed by atoms with van der Waals surface area (Å²) in [5, 5.41) is 2.01. The van der Waals surface area contributed by atoms with Crippen LogP contribution >= 0.6 is 27.3 Å². The van der Waals surface area contributed by atoms with Crippen LogP contribution in [0.25, 0.3) is 0 Å². The fourth-order valence-electron chi connectivity index (χ4n) is 0.950. The van der Waals surface area contributed by atoms with E-state index in [-0.39, 0.29) is 5.54 Å². The van der Waals surface area contributed by atoms with Crippen LogP contribution < -0.4 is 11.3 Å². The van der Waals surface area contributed by atoms with E-state index >= 15 is 0 Å². The van der Waals surface area contributed by atoms with Crippen LogP contribution in [0.4, 0.5) is 0 Å². The maximum Gasteiger partial charge on any atom is 0.143 e. The normalized spacial score (nSPS) is 13.1. The van der Waals surface area contributed by atoms with Gasteiger partial charge in [-0.2, -0.15) is 0 Å². The van der Waals surface area contributed by atoms with Crippen LogP contribution in [-0.4, -0.2) is 11.4 Å². The van der Waals surface area contributed by atoms with Crippen molar-refractivity contribution in [1.82, 2.24) is 5.43 Å². The first kappa shape index (κ1) is 11.7. The number of hydrogen-bond acceptors (Lipinski definition) is 3. The minimum absolute atomic E-state index is 0.129. The molecule has 1 aromatic heterocycles. The van der Waals surface area contributed by atoms with Gasteiger partial charge in [0.1, 0.15) is 5.84 Å². The molecule has 78 valence electrons. The highest BCUT2D eigenvalue weighted by Gasteiger charge is 2.11. The molecular formula is C9H14BrN3S. The summed E-state index contributed by atoms with van der Waals surface area (Å²) in [5.41, 5.74) is 3.51. The molecule has 0 aliphatic carbocycles. The van der Waals surface area contributed by atoms with Gasteiger partial charge in [-0.1, -0.05) is 0 Å². The molecule has 0 radical (unpaired) electrons. The third kappa shape index (κ3) is 3.40. The Hall–Kier alpha value is -0.390. The number of amidine groups is 1. The molecule has 0 saturated carbocycles. The average Bonchev–Trinajstić information content (AvgIpc) is 2.46. The third-order valence-corrected chi connectivity index (χ3v) is 2.93. The van der Waals surface area contributed by atoms with Crippen molar-refractivity contribution in [1.29, 1.82) is 0 Å². The summed E-state index contributed by atoms with van der Waals surface area (Å²) in [7, 11) is 0. The summed E-state index contributed by atoms with van der Waals surface area (Å²) >= 11 is 5.02. The molecule has 0 aliphatic rings. The lowest BCUT2D eigenvalue weighted by Crippen LogP contribution is -2.33. The molecule has 0 fully saturated rings. The molecule has 0 bridgehead atoms. The van der Waals surface area contributed by atoms with Crippen molar-refractivity contribution < 1.29 is 0 Å². The van der Waals surface area contributed by atoms with Crippen molar-refractivity contribution in [3.63, 3.8) is 0 Å². The van der Waals surface area contributed by atoms with E-state index < -0.39 is 0 Å². The highest BCUT2D eigenvalue weighted by atomic mass is 79.9. The van der Waals surface area contributed by atoms with Gasteiger partial charge in [-0.3, -0.25) is 4.99 Å². The molecular weight excluding hydrogens is 262 g/mol. The molecule has 1 aromatic rings. The first-order valence-electron chi connectivity index (χ1n) is 4.23. The Kier molecular flexibility index (Phi) is 3.69. The zero-order chi connectivity index (χ0) is 10.8. The van der Waals surface area contributed by atoms with Crippen molar-refractivity contribution in [2.24, 2.45) is 10.8 Å². The SMILES string of the molecule is CC(C)(C)N=C(NN)c1csc(Br)c1. The number of nitrogens with zero attached hydrogens (tertiary/aromatic N) is 1. The molecule has 0 saturated heterocycles. The van der Waals surface area contributed by atoms with Gasteiger partial charge < -0.3 is 5.43 Å². The number of nitrogens with one attached hydrogen (secondary N) is 1. The maximum atomic E-state index is 5.43. The van der Waals surface area contributed by atoms with Crippen LogP contribution in [-0.2, 0) is 0 Å². The molecule has 5 heteroatoms. The lowest BCUT2D eigenvalue weighted by atomic mass is 10.1. The Bertz CT molecular complexity index is 338. The highest BCUT2D eigenvalue weighted by molar-refractivity contribution is 9.11. The van der Waals surface area contributed by atoms with Crippen molar-refractivity contribution in [3.8, 4) is 0 Å². The van der Waals surface area contributed by atoms with E-state index in [1.54, 1.807) is 11.3 Å². The molecule has 1 heterocycles. The summed E-state index contributed by atoms with van der Waals surface area (Å²) in [4.78, 5) is 4.48. The van der Waals surface area contributed by atoms with Crippen molar-refractivity contribution in [2.45, 2.75) is 26.3 Å². The molecule has 0 aliphatic heterocycles. The largest absolute Gasteiger partial charge is 0.308 e. The monoisotopic (exact) mass is 275 g/mol. The standard InChI is InChI=1S/C9H14BrN3S/c1-9(2,3)12-8(13-11)6-4-7(10)14-5-6/h4-5H,11H2,1-3H3,(H,12,13). The van der Waals surface area contributed by atoms with Crippen molar-refractivity contribution in [3.05, 3.63) is 20.8 Å². The van der Waals surface area contributed by atoms with E-state index in [1.807, 2.05) is 32.2 Å². The first-order valence-corrected chi connectivity index (χ1v) is 5.90. The van der Waals surface area contributed by atoms with Crippen LogP contribution in [0.1, 0.15) is 26.3 Å². The number of rotatable bonds is 1. The molecule has 14 heavy (non-hydrogen) atoms. The Morgan fingerprint density at radius 3 is 2.57 bits per heavy atom. The predicted octanol–water partition coefficient (Wildman–Crippen LogP) is 2.52. The Morgan fingerprint density at radius 1 is 1.57 bits per heavy atom. The Morgan fingerprint density at radius 2 is 2.21 bits per heavy atom. The van der Waals surface area contributed by atoms with Gasteiger partial charge in [-0.15, -0.1) is 11.3 Å². The molecule has 0 spiro atoms. The van der Waals surface area contributed by atoms with Gasteiger partial charge in [0.05, 0.1) is 9.33 Å². The van der Waals surface area contributed by atoms with Crippen LogP contribution in [0.5, 0.6) is 0 Å². The Balaban J connectivity index is 2.99. The van der Waals surface area contributed by atoms with Gasteiger partial charge >= 0.3 is 0 Å². The van der Waals surface area contributed by atoms with Gasteiger partial charge in [-0.05, 0) is 42.8 Å². The smallest absolute Gasteiger partial charge is 0.143 e. The van der Waals surface area contributed by atoms with Crippen molar-refractivity contribution >= 4 is 33.1 Å². The molecule has 3 nitrogen and oxygen atoms in total. The average molecular weight is 276 g/mol. The Labute approximate surface area is 96.5 Å². The summed E-state index contributed by atoms with van der Waals surface area (Å²) < 4.78 is 1.07. The number of halogens is 1. The fourth-order valence-corrected chi connectivity index (χ4v) is 2.09. The van der Waals surface area contributed by atoms with E-state index in [2.05, 4.69) is 26.3 Å². The van der Waals surface area contributed by atoms with E-state index in [1.165, 1.54) is 0 Å². The number of hydrazine groups is 1. The minimum atomic E-state index is -0.129. The van der Waals surface area contributed by atoms with Gasteiger partial charge in [-0.25, -0.2) is 5.84 Å². The van der Waals surface area contributed by atoms with Crippen LogP contribution in [0.3, 0.4) is 0 Å². The summed E-state index contributed by atoms with van der Waals surface area (Å²) in [6.07, 6.45) is 0. The highest BCUT2D eigenvalue weighted by Crippen LogP contribution is 2.21. The number of thiophene rings is 1. The van der Waals surface area contributed by atoms with Crippen LogP contribution in [0, 0.1) is 0 Å². The lowest BCUT2D eigenvalue weighted by Gasteiger charge is -2.14. The quantitative estimate of drug-likeness (QED) is 0.358. The maximum absolute atomic E-state index is 5.43. The molecule has 3 N–H and O–H groups in total.